The molecular formula is C24H26F4N2O2. The molecule has 32 heavy (non-hydrogen) atoms. The summed E-state index contributed by atoms with van der Waals surface area (Å²) in [7, 11) is 0. The first-order valence-electron chi connectivity index (χ1n) is 10.8. The molecule has 1 amide bonds. The highest BCUT2D eigenvalue weighted by Gasteiger charge is 2.62. The van der Waals surface area contributed by atoms with E-state index in [9.17, 15) is 27.5 Å². The molecule has 2 atom stereocenters. The number of halogens is 4. The van der Waals surface area contributed by atoms with Gasteiger partial charge in [-0.1, -0.05) is 42.5 Å². The summed E-state index contributed by atoms with van der Waals surface area (Å²) in [6.45, 7) is 1.85. The molecule has 2 aromatic rings. The van der Waals surface area contributed by atoms with Crippen molar-refractivity contribution in [2.45, 2.75) is 37.0 Å². The van der Waals surface area contributed by atoms with Gasteiger partial charge in [0.15, 0.2) is 0 Å². The van der Waals surface area contributed by atoms with E-state index in [4.69, 9.17) is 0 Å². The van der Waals surface area contributed by atoms with Crippen molar-refractivity contribution in [3.63, 3.8) is 0 Å². The topological polar surface area (TPSA) is 52.6 Å². The summed E-state index contributed by atoms with van der Waals surface area (Å²) in [4.78, 5) is 14.1. The van der Waals surface area contributed by atoms with E-state index in [1.165, 1.54) is 5.56 Å². The predicted octanol–water partition coefficient (Wildman–Crippen LogP) is 3.96. The second-order valence-corrected chi connectivity index (χ2v) is 8.79. The van der Waals surface area contributed by atoms with Crippen LogP contribution in [0.15, 0.2) is 54.6 Å². The Morgan fingerprint density at radius 1 is 1.00 bits per heavy atom. The molecule has 2 saturated heterocycles. The number of alkyl halides is 3. The zero-order valence-electron chi connectivity index (χ0n) is 17.5. The minimum absolute atomic E-state index is 0.115. The van der Waals surface area contributed by atoms with Gasteiger partial charge in [0.2, 0.25) is 0 Å². The van der Waals surface area contributed by atoms with E-state index in [1.54, 1.807) is 0 Å². The van der Waals surface area contributed by atoms with E-state index in [0.717, 1.165) is 48.7 Å². The van der Waals surface area contributed by atoms with Gasteiger partial charge in [0, 0.05) is 31.1 Å². The molecule has 0 bridgehead atoms. The molecule has 2 aromatic carbocycles. The second-order valence-electron chi connectivity index (χ2n) is 8.79. The van der Waals surface area contributed by atoms with Crippen molar-refractivity contribution < 1.29 is 27.5 Å². The van der Waals surface area contributed by atoms with E-state index in [2.05, 4.69) is 17.4 Å². The molecule has 2 aliphatic rings. The van der Waals surface area contributed by atoms with Crippen LogP contribution in [-0.2, 0) is 10.4 Å². The molecule has 2 unspecified atom stereocenters. The van der Waals surface area contributed by atoms with Gasteiger partial charge in [0.05, 0.1) is 0 Å². The summed E-state index contributed by atoms with van der Waals surface area (Å²) in [5, 5.41) is 14.0. The van der Waals surface area contributed by atoms with Gasteiger partial charge in [0.1, 0.15) is 5.82 Å². The number of piperidine rings is 2. The lowest BCUT2D eigenvalue weighted by Gasteiger charge is -2.50. The predicted molar refractivity (Wildman–Crippen MR) is 111 cm³/mol. The molecule has 2 N–H and O–H groups in total. The van der Waals surface area contributed by atoms with Crippen molar-refractivity contribution in [3.05, 3.63) is 71.5 Å². The zero-order valence-corrected chi connectivity index (χ0v) is 17.5. The molecule has 2 fully saturated rings. The first-order valence-corrected chi connectivity index (χ1v) is 10.8. The molecule has 2 heterocycles. The highest BCUT2D eigenvalue weighted by Crippen LogP contribution is 2.49. The Hall–Kier alpha value is -2.45. The summed E-state index contributed by atoms with van der Waals surface area (Å²) in [6.07, 6.45) is -3.26. The van der Waals surface area contributed by atoms with Crippen molar-refractivity contribution in [2.24, 2.45) is 5.41 Å². The summed E-state index contributed by atoms with van der Waals surface area (Å²) in [5.41, 5.74) is -3.33. The Morgan fingerprint density at radius 3 is 2.22 bits per heavy atom. The van der Waals surface area contributed by atoms with Crippen molar-refractivity contribution in [1.82, 2.24) is 10.2 Å². The summed E-state index contributed by atoms with van der Waals surface area (Å²) in [6, 6.07) is 13.3. The first kappa shape index (κ1) is 22.7. The Kier molecular flexibility index (Phi) is 6.02. The molecule has 8 heteroatoms. The van der Waals surface area contributed by atoms with Crippen LogP contribution in [-0.4, -0.2) is 48.3 Å². The van der Waals surface area contributed by atoms with E-state index in [-0.39, 0.29) is 24.4 Å². The van der Waals surface area contributed by atoms with Crippen molar-refractivity contribution in [3.8, 4) is 0 Å². The Bertz CT molecular complexity index is 941. The van der Waals surface area contributed by atoms with Crippen molar-refractivity contribution in [1.29, 1.82) is 0 Å². The van der Waals surface area contributed by atoms with Crippen LogP contribution < -0.4 is 5.32 Å². The van der Waals surface area contributed by atoms with Crippen LogP contribution in [0.4, 0.5) is 17.6 Å². The fourth-order valence-corrected chi connectivity index (χ4v) is 5.21. The second kappa shape index (κ2) is 8.48. The van der Waals surface area contributed by atoms with Gasteiger partial charge in [0.25, 0.3) is 11.5 Å². The van der Waals surface area contributed by atoms with Crippen LogP contribution in [0.3, 0.4) is 0 Å². The maximum atomic E-state index is 13.9. The molecule has 0 saturated carbocycles. The molecule has 4 nitrogen and oxygen atoms in total. The SMILES string of the molecule is O=C(N1CCC2(CCNCC2c2ccccc2)CC1)C(O)(c1ccc(F)cc1)C(F)(F)F. The Labute approximate surface area is 184 Å². The average Bonchev–Trinajstić information content (AvgIpc) is 2.79. The van der Waals surface area contributed by atoms with Crippen molar-refractivity contribution in [2.75, 3.05) is 26.2 Å². The third-order valence-corrected chi connectivity index (χ3v) is 7.12. The Morgan fingerprint density at radius 2 is 1.62 bits per heavy atom. The van der Waals surface area contributed by atoms with Crippen LogP contribution in [0.25, 0.3) is 0 Å². The van der Waals surface area contributed by atoms with Gasteiger partial charge >= 0.3 is 6.18 Å². The maximum Gasteiger partial charge on any atom is 0.430 e. The molecule has 2 aliphatic heterocycles. The van der Waals surface area contributed by atoms with Gasteiger partial charge in [-0.3, -0.25) is 4.79 Å². The third-order valence-electron chi connectivity index (χ3n) is 7.12. The molecule has 1 spiro atoms. The number of hydrogen-bond donors (Lipinski definition) is 2. The largest absolute Gasteiger partial charge is 0.430 e. The third kappa shape index (κ3) is 3.90. The summed E-state index contributed by atoms with van der Waals surface area (Å²) in [5.74, 6) is -1.95. The molecule has 0 radical (unpaired) electrons. The number of hydrogen-bond acceptors (Lipinski definition) is 3. The lowest BCUT2D eigenvalue weighted by molar-refractivity contribution is -0.262. The van der Waals surface area contributed by atoms with Gasteiger partial charge in [-0.05, 0) is 48.9 Å². The monoisotopic (exact) mass is 450 g/mol. The molecule has 4 rings (SSSR count). The Balaban J connectivity index is 1.57. The van der Waals surface area contributed by atoms with Crippen LogP contribution in [0.1, 0.15) is 36.3 Å². The number of amides is 1. The average molecular weight is 450 g/mol. The molecule has 172 valence electrons. The number of nitrogens with one attached hydrogen (secondary N) is 1. The normalized spacial score (nSPS) is 23.0. The van der Waals surface area contributed by atoms with E-state index < -0.39 is 29.1 Å². The van der Waals surface area contributed by atoms with E-state index in [1.807, 2.05) is 18.2 Å². The van der Waals surface area contributed by atoms with Crippen LogP contribution in [0, 0.1) is 11.2 Å². The number of rotatable bonds is 3. The molecule has 0 aliphatic carbocycles. The number of benzene rings is 2. The lowest BCUT2D eigenvalue weighted by Crippen LogP contribution is -2.59. The first-order chi connectivity index (χ1) is 15.2. The number of likely N-dealkylation sites (tertiary alicyclic amines) is 1. The minimum atomic E-state index is -5.24. The summed E-state index contributed by atoms with van der Waals surface area (Å²) < 4.78 is 55.0. The fraction of sp³-hybridized carbons (Fsp3) is 0.458. The van der Waals surface area contributed by atoms with Crippen molar-refractivity contribution >= 4 is 5.91 Å². The number of carbonyl (C=O) groups is 1. The highest BCUT2D eigenvalue weighted by atomic mass is 19.4. The van der Waals surface area contributed by atoms with Crippen LogP contribution in [0.2, 0.25) is 0 Å². The standard InChI is InChI=1S/C24H26F4N2O2/c25-19-8-6-18(7-9-19)23(32,24(26,27)28)21(31)30-14-11-22(12-15-30)10-13-29-16-20(22)17-4-2-1-3-5-17/h1-9,20,29,32H,10-16H2. The van der Waals surface area contributed by atoms with E-state index >= 15 is 0 Å². The van der Waals surface area contributed by atoms with Gasteiger partial charge in [-0.15, -0.1) is 0 Å². The van der Waals surface area contributed by atoms with Gasteiger partial charge < -0.3 is 15.3 Å². The quantitative estimate of drug-likeness (QED) is 0.696. The fourth-order valence-electron chi connectivity index (χ4n) is 5.21. The summed E-state index contributed by atoms with van der Waals surface area (Å²) >= 11 is 0. The van der Waals surface area contributed by atoms with Crippen LogP contribution in [0.5, 0.6) is 0 Å². The van der Waals surface area contributed by atoms with Crippen LogP contribution >= 0.6 is 0 Å². The van der Waals surface area contributed by atoms with Gasteiger partial charge in [-0.25, -0.2) is 4.39 Å². The number of carbonyl (C=O) groups excluding carboxylic acids is 1. The lowest BCUT2D eigenvalue weighted by atomic mass is 9.62. The molecule has 0 aromatic heterocycles. The number of aliphatic hydroxyl groups is 1. The maximum absolute atomic E-state index is 13.9. The zero-order chi connectivity index (χ0) is 23.0. The molecular weight excluding hydrogens is 424 g/mol. The highest BCUT2D eigenvalue weighted by molar-refractivity contribution is 5.87. The smallest absolute Gasteiger partial charge is 0.369 e. The van der Waals surface area contributed by atoms with E-state index in [0.29, 0.717) is 12.8 Å². The van der Waals surface area contributed by atoms with Gasteiger partial charge in [-0.2, -0.15) is 13.2 Å². The minimum Gasteiger partial charge on any atom is -0.369 e. The number of nitrogens with zero attached hydrogens (tertiary/aromatic N) is 1.